The summed E-state index contributed by atoms with van der Waals surface area (Å²) in [7, 11) is -7.68. The van der Waals surface area contributed by atoms with Gasteiger partial charge in [-0.05, 0) is 73.9 Å². The minimum absolute atomic E-state index is 0.0169. The van der Waals surface area contributed by atoms with Crippen LogP contribution in [0.2, 0.25) is 0 Å². The lowest BCUT2D eigenvalue weighted by atomic mass is 10.0. The number of hydrogen-bond donors (Lipinski definition) is 1. The molecule has 0 saturated carbocycles. The number of rotatable bonds is 5. The highest BCUT2D eigenvalue weighted by Gasteiger charge is 2.30. The van der Waals surface area contributed by atoms with Crippen LogP contribution in [-0.4, -0.2) is 23.4 Å². The maximum Gasteiger partial charge on any atom is 0.271 e. The molecule has 10 heteroatoms. The van der Waals surface area contributed by atoms with Crippen LogP contribution in [0.4, 0.5) is 15.8 Å². The number of hydrogen-bond acceptors (Lipinski definition) is 5. The molecule has 1 aromatic heterocycles. The normalized spacial score (nSPS) is 14.4. The molecule has 30 heavy (non-hydrogen) atoms. The molecule has 0 radical (unpaired) electrons. The summed E-state index contributed by atoms with van der Waals surface area (Å²) in [5.74, 6) is -0.520. The summed E-state index contributed by atoms with van der Waals surface area (Å²) in [6, 6.07) is 12.8. The summed E-state index contributed by atoms with van der Waals surface area (Å²) in [6.45, 7) is 2.08. The minimum atomic E-state index is -3.91. The van der Waals surface area contributed by atoms with Crippen LogP contribution in [0.25, 0.3) is 0 Å². The van der Waals surface area contributed by atoms with E-state index in [9.17, 15) is 21.2 Å². The van der Waals surface area contributed by atoms with Gasteiger partial charge in [0, 0.05) is 11.4 Å². The molecule has 3 aromatic rings. The first-order valence-electron chi connectivity index (χ1n) is 9.17. The first-order chi connectivity index (χ1) is 14.2. The molecule has 158 valence electrons. The van der Waals surface area contributed by atoms with Gasteiger partial charge in [0.1, 0.15) is 10.0 Å². The van der Waals surface area contributed by atoms with Crippen LogP contribution in [0.3, 0.4) is 0 Å². The number of thiophene rings is 1. The predicted octanol–water partition coefficient (Wildman–Crippen LogP) is 4.14. The van der Waals surface area contributed by atoms with Gasteiger partial charge in [0.25, 0.3) is 20.0 Å². The third-order valence-electron chi connectivity index (χ3n) is 4.80. The summed E-state index contributed by atoms with van der Waals surface area (Å²) in [6.07, 6.45) is 1.31. The van der Waals surface area contributed by atoms with Crippen molar-refractivity contribution in [1.29, 1.82) is 0 Å². The van der Waals surface area contributed by atoms with Gasteiger partial charge in [-0.15, -0.1) is 11.3 Å². The van der Waals surface area contributed by atoms with Crippen molar-refractivity contribution in [1.82, 2.24) is 0 Å². The summed E-state index contributed by atoms with van der Waals surface area (Å²) >= 11 is 1.16. The third-order valence-corrected chi connectivity index (χ3v) is 9.50. The first kappa shape index (κ1) is 20.8. The number of nitrogens with zero attached hydrogens (tertiary/aromatic N) is 1. The lowest BCUT2D eigenvalue weighted by Crippen LogP contribution is -2.35. The van der Waals surface area contributed by atoms with Crippen molar-refractivity contribution in [2.24, 2.45) is 0 Å². The number of fused-ring (bicyclic) bond motifs is 1. The number of halogens is 1. The van der Waals surface area contributed by atoms with E-state index in [1.54, 1.807) is 18.2 Å². The molecular formula is C20H19FN2O4S3. The number of anilines is 2. The number of benzene rings is 2. The van der Waals surface area contributed by atoms with Gasteiger partial charge in [0.15, 0.2) is 0 Å². The highest BCUT2D eigenvalue weighted by atomic mass is 32.2. The van der Waals surface area contributed by atoms with E-state index in [0.29, 0.717) is 18.5 Å². The fourth-order valence-corrected chi connectivity index (χ4v) is 7.22. The molecule has 2 aromatic carbocycles. The zero-order valence-corrected chi connectivity index (χ0v) is 18.4. The van der Waals surface area contributed by atoms with Gasteiger partial charge < -0.3 is 0 Å². The number of nitrogens with one attached hydrogen (secondary N) is 1. The monoisotopic (exact) mass is 466 g/mol. The van der Waals surface area contributed by atoms with Gasteiger partial charge in [-0.3, -0.25) is 9.03 Å². The van der Waals surface area contributed by atoms with Crippen LogP contribution in [0.15, 0.2) is 63.7 Å². The van der Waals surface area contributed by atoms with E-state index in [1.807, 2.05) is 6.92 Å². The highest BCUT2D eigenvalue weighted by Crippen LogP contribution is 2.35. The summed E-state index contributed by atoms with van der Waals surface area (Å²) < 4.78 is 68.8. The molecule has 4 rings (SSSR count). The Labute approximate surface area is 179 Å². The molecule has 0 amide bonds. The summed E-state index contributed by atoms with van der Waals surface area (Å²) in [5.41, 5.74) is 1.51. The molecule has 1 aliphatic heterocycles. The van der Waals surface area contributed by atoms with Crippen molar-refractivity contribution >= 4 is 42.8 Å². The van der Waals surface area contributed by atoms with Crippen LogP contribution >= 0.6 is 11.3 Å². The fourth-order valence-electron chi connectivity index (χ4n) is 3.35. The van der Waals surface area contributed by atoms with Crippen molar-refractivity contribution in [3.05, 3.63) is 70.9 Å². The van der Waals surface area contributed by atoms with E-state index in [2.05, 4.69) is 4.72 Å². The van der Waals surface area contributed by atoms with E-state index in [1.165, 1.54) is 28.6 Å². The summed E-state index contributed by atoms with van der Waals surface area (Å²) in [4.78, 5) is 0.856. The Balaban J connectivity index is 1.70. The number of sulfonamides is 2. The molecule has 0 bridgehead atoms. The Morgan fingerprint density at radius 1 is 1.00 bits per heavy atom. The second kappa shape index (κ2) is 7.68. The van der Waals surface area contributed by atoms with Crippen molar-refractivity contribution in [3.63, 3.8) is 0 Å². The second-order valence-corrected chi connectivity index (χ2v) is 12.0. The average molecular weight is 467 g/mol. The second-order valence-electron chi connectivity index (χ2n) is 6.95. The van der Waals surface area contributed by atoms with Gasteiger partial charge in [-0.2, -0.15) is 0 Å². The van der Waals surface area contributed by atoms with Gasteiger partial charge >= 0.3 is 0 Å². The van der Waals surface area contributed by atoms with Crippen LogP contribution in [-0.2, 0) is 26.5 Å². The average Bonchev–Trinajstić information content (AvgIpc) is 3.15. The minimum Gasteiger partial charge on any atom is -0.279 e. The molecule has 6 nitrogen and oxygen atoms in total. The van der Waals surface area contributed by atoms with E-state index >= 15 is 0 Å². The molecule has 0 fully saturated rings. The molecule has 0 aliphatic carbocycles. The Morgan fingerprint density at radius 3 is 2.40 bits per heavy atom. The smallest absolute Gasteiger partial charge is 0.271 e. The van der Waals surface area contributed by atoms with Gasteiger partial charge in [0.2, 0.25) is 0 Å². The molecule has 0 unspecified atom stereocenters. The first-order valence-corrected chi connectivity index (χ1v) is 12.9. The molecule has 0 saturated heterocycles. The van der Waals surface area contributed by atoms with Crippen molar-refractivity contribution in [2.75, 3.05) is 15.6 Å². The zero-order chi connectivity index (χ0) is 21.5. The summed E-state index contributed by atoms with van der Waals surface area (Å²) in [5, 5.41) is 0. The molecule has 0 spiro atoms. The molecule has 0 atom stereocenters. The molecular weight excluding hydrogens is 447 g/mol. The topological polar surface area (TPSA) is 83.6 Å². The largest absolute Gasteiger partial charge is 0.279 e. The van der Waals surface area contributed by atoms with Gasteiger partial charge in [0.05, 0.1) is 16.3 Å². The maximum atomic E-state index is 13.2. The van der Waals surface area contributed by atoms with Crippen molar-refractivity contribution in [2.45, 2.75) is 28.9 Å². The quantitative estimate of drug-likeness (QED) is 0.613. The van der Waals surface area contributed by atoms with E-state index in [0.717, 1.165) is 33.9 Å². The lowest BCUT2D eigenvalue weighted by Gasteiger charge is -2.31. The number of aryl methyl sites for hydroxylation is 2. The Bertz CT molecular complexity index is 1300. The van der Waals surface area contributed by atoms with Crippen LogP contribution < -0.4 is 9.03 Å². The zero-order valence-electron chi connectivity index (χ0n) is 16.0. The standard InChI is InChI=1S/C20H19FN2O4S3/c1-14-4-11-20(28-14)29(24,25)22-17-8-5-15-3-2-12-23(19(15)13-17)30(26,27)18-9-6-16(21)7-10-18/h4-11,13,22H,2-3,12H2,1H3. The fraction of sp³-hybridized carbons (Fsp3) is 0.200. The highest BCUT2D eigenvalue weighted by molar-refractivity contribution is 7.94. The Kier molecular flexibility index (Phi) is 5.33. The van der Waals surface area contributed by atoms with Crippen LogP contribution in [0.1, 0.15) is 16.9 Å². The van der Waals surface area contributed by atoms with Crippen molar-refractivity contribution < 1.29 is 21.2 Å². The SMILES string of the molecule is Cc1ccc(S(=O)(=O)Nc2ccc3c(c2)N(S(=O)(=O)c2ccc(F)cc2)CCC3)s1. The molecule has 1 aliphatic rings. The molecule has 2 heterocycles. The van der Waals surface area contributed by atoms with Crippen molar-refractivity contribution in [3.8, 4) is 0 Å². The third kappa shape index (κ3) is 3.94. The Morgan fingerprint density at radius 2 is 1.73 bits per heavy atom. The van der Waals surface area contributed by atoms with Gasteiger partial charge in [-0.25, -0.2) is 21.2 Å². The van der Waals surface area contributed by atoms with E-state index in [-0.39, 0.29) is 21.3 Å². The van der Waals surface area contributed by atoms with Crippen LogP contribution in [0.5, 0.6) is 0 Å². The Hall–Kier alpha value is -2.43. The molecule has 1 N–H and O–H groups in total. The van der Waals surface area contributed by atoms with E-state index in [4.69, 9.17) is 0 Å². The maximum absolute atomic E-state index is 13.2. The van der Waals surface area contributed by atoms with Gasteiger partial charge in [-0.1, -0.05) is 6.07 Å². The van der Waals surface area contributed by atoms with Crippen LogP contribution in [0, 0.1) is 12.7 Å². The lowest BCUT2D eigenvalue weighted by molar-refractivity contribution is 0.585. The predicted molar refractivity (Wildman–Crippen MR) is 116 cm³/mol. The van der Waals surface area contributed by atoms with E-state index < -0.39 is 25.9 Å².